The molecule has 1 N–H and O–H groups in total. The first kappa shape index (κ1) is 13.8. The third kappa shape index (κ3) is 2.45. The minimum Gasteiger partial charge on any atom is -0.505 e. The molecule has 1 aromatic carbocycles. The van der Waals surface area contributed by atoms with E-state index < -0.39 is 0 Å². The highest BCUT2D eigenvalue weighted by atomic mass is 16.3. The second-order valence-electron chi connectivity index (χ2n) is 5.66. The number of aromatic nitrogens is 1. The van der Waals surface area contributed by atoms with Crippen LogP contribution >= 0.6 is 0 Å². The van der Waals surface area contributed by atoms with Gasteiger partial charge in [0.1, 0.15) is 5.52 Å². The molecule has 1 saturated heterocycles. The zero-order chi connectivity index (χ0) is 15.0. The van der Waals surface area contributed by atoms with Crippen LogP contribution < -0.4 is 0 Å². The van der Waals surface area contributed by atoms with Crippen LogP contribution in [-0.4, -0.2) is 59.0 Å². The van der Waals surface area contributed by atoms with Crippen LogP contribution in [0.5, 0.6) is 5.75 Å². The van der Waals surface area contributed by atoms with Crippen molar-refractivity contribution < 1.29 is 9.90 Å². The molecule has 2 aromatic rings. The van der Waals surface area contributed by atoms with Crippen molar-refractivity contribution in [2.75, 3.05) is 27.2 Å². The molecule has 3 rings (SSSR count). The Kier molecular flexibility index (Phi) is 3.51. The molecule has 0 saturated carbocycles. The standard InChI is InChI=1S/C16H19N3O2/c1-18-9-7-12(10-18)19(2)16(21)13-6-5-11-4-3-8-17-14(11)15(13)20/h3-6,8,12,20H,7,9-10H2,1-2H3. The van der Waals surface area contributed by atoms with Crippen LogP contribution in [0.2, 0.25) is 0 Å². The monoisotopic (exact) mass is 285 g/mol. The van der Waals surface area contributed by atoms with Gasteiger partial charge in [0.15, 0.2) is 5.75 Å². The minimum atomic E-state index is -0.152. The molecule has 2 heterocycles. The Morgan fingerprint density at radius 2 is 2.24 bits per heavy atom. The van der Waals surface area contributed by atoms with Crippen molar-refractivity contribution in [3.05, 3.63) is 36.0 Å². The number of pyridine rings is 1. The Balaban J connectivity index is 1.92. The van der Waals surface area contributed by atoms with Crippen LogP contribution in [0.15, 0.2) is 30.5 Å². The van der Waals surface area contributed by atoms with E-state index in [0.717, 1.165) is 24.9 Å². The maximum atomic E-state index is 12.6. The molecule has 0 radical (unpaired) electrons. The summed E-state index contributed by atoms with van der Waals surface area (Å²) in [4.78, 5) is 20.7. The van der Waals surface area contributed by atoms with Gasteiger partial charge in [0.2, 0.25) is 0 Å². The highest BCUT2D eigenvalue weighted by molar-refractivity contribution is 6.02. The molecule has 1 unspecified atom stereocenters. The van der Waals surface area contributed by atoms with Gasteiger partial charge in [-0.05, 0) is 32.1 Å². The normalized spacial score (nSPS) is 19.0. The lowest BCUT2D eigenvalue weighted by Gasteiger charge is -2.25. The second kappa shape index (κ2) is 5.33. The third-order valence-electron chi connectivity index (χ3n) is 4.21. The number of hydrogen-bond acceptors (Lipinski definition) is 4. The van der Waals surface area contributed by atoms with E-state index in [1.54, 1.807) is 24.2 Å². The highest BCUT2D eigenvalue weighted by Gasteiger charge is 2.28. The van der Waals surface area contributed by atoms with Gasteiger partial charge in [-0.1, -0.05) is 12.1 Å². The third-order valence-corrected chi connectivity index (χ3v) is 4.21. The second-order valence-corrected chi connectivity index (χ2v) is 5.66. The number of hydrogen-bond donors (Lipinski definition) is 1. The summed E-state index contributed by atoms with van der Waals surface area (Å²) in [7, 11) is 3.85. The van der Waals surface area contributed by atoms with Crippen LogP contribution in [0, 0.1) is 0 Å². The van der Waals surface area contributed by atoms with E-state index in [0.29, 0.717) is 11.1 Å². The molecular weight excluding hydrogens is 266 g/mol. The number of fused-ring (bicyclic) bond motifs is 1. The molecule has 1 atom stereocenters. The zero-order valence-electron chi connectivity index (χ0n) is 12.3. The number of rotatable bonds is 2. The van der Waals surface area contributed by atoms with Crippen molar-refractivity contribution in [2.45, 2.75) is 12.5 Å². The Bertz CT molecular complexity index is 686. The molecule has 1 aliphatic heterocycles. The molecule has 1 fully saturated rings. The Labute approximate surface area is 123 Å². The van der Waals surface area contributed by atoms with Gasteiger partial charge in [-0.15, -0.1) is 0 Å². The first-order valence-corrected chi connectivity index (χ1v) is 7.10. The largest absolute Gasteiger partial charge is 0.505 e. The van der Waals surface area contributed by atoms with E-state index >= 15 is 0 Å². The maximum Gasteiger partial charge on any atom is 0.257 e. The van der Waals surface area contributed by atoms with Crippen LogP contribution in [0.25, 0.3) is 10.9 Å². The summed E-state index contributed by atoms with van der Waals surface area (Å²) in [5.74, 6) is -0.184. The van der Waals surface area contributed by atoms with Gasteiger partial charge >= 0.3 is 0 Å². The van der Waals surface area contributed by atoms with E-state index in [2.05, 4.69) is 16.9 Å². The average Bonchev–Trinajstić information content (AvgIpc) is 2.93. The topological polar surface area (TPSA) is 56.7 Å². The summed E-state index contributed by atoms with van der Waals surface area (Å²) in [5.41, 5.74) is 0.790. The van der Waals surface area contributed by atoms with Gasteiger partial charge in [-0.25, -0.2) is 0 Å². The summed E-state index contributed by atoms with van der Waals surface area (Å²) >= 11 is 0. The first-order chi connectivity index (χ1) is 10.1. The fraction of sp³-hybridized carbons (Fsp3) is 0.375. The van der Waals surface area contributed by atoms with Crippen molar-refractivity contribution in [3.8, 4) is 5.75 Å². The van der Waals surface area contributed by atoms with Gasteiger partial charge in [0, 0.05) is 31.2 Å². The molecule has 5 nitrogen and oxygen atoms in total. The van der Waals surface area contributed by atoms with Crippen LogP contribution in [0.3, 0.4) is 0 Å². The number of aromatic hydroxyl groups is 1. The molecule has 1 amide bonds. The van der Waals surface area contributed by atoms with Crippen molar-refractivity contribution in [1.82, 2.24) is 14.8 Å². The average molecular weight is 285 g/mol. The van der Waals surface area contributed by atoms with E-state index in [4.69, 9.17) is 0 Å². The highest BCUT2D eigenvalue weighted by Crippen LogP contribution is 2.28. The van der Waals surface area contributed by atoms with Gasteiger partial charge in [-0.2, -0.15) is 0 Å². The fourth-order valence-corrected chi connectivity index (χ4v) is 2.89. The van der Waals surface area contributed by atoms with Crippen LogP contribution in [0.4, 0.5) is 0 Å². The summed E-state index contributed by atoms with van der Waals surface area (Å²) in [6.45, 7) is 1.86. The number of likely N-dealkylation sites (tertiary alicyclic amines) is 1. The lowest BCUT2D eigenvalue weighted by molar-refractivity contribution is 0.0735. The summed E-state index contributed by atoms with van der Waals surface area (Å²) in [6, 6.07) is 7.37. The molecule has 0 aliphatic carbocycles. The summed E-state index contributed by atoms with van der Waals surface area (Å²) in [5, 5.41) is 11.2. The predicted molar refractivity (Wildman–Crippen MR) is 81.4 cm³/mol. The molecule has 0 spiro atoms. The minimum absolute atomic E-state index is 0.0312. The number of likely N-dealkylation sites (N-methyl/N-ethyl adjacent to an activating group) is 2. The molecule has 5 heteroatoms. The molecule has 21 heavy (non-hydrogen) atoms. The summed E-state index contributed by atoms with van der Waals surface area (Å²) < 4.78 is 0. The lowest BCUT2D eigenvalue weighted by Crippen LogP contribution is -2.38. The number of phenols is 1. The van der Waals surface area contributed by atoms with Gasteiger partial charge in [-0.3, -0.25) is 9.78 Å². The first-order valence-electron chi connectivity index (χ1n) is 7.10. The van der Waals surface area contributed by atoms with E-state index in [1.807, 2.05) is 18.2 Å². The molecular formula is C16H19N3O2. The number of carbonyl (C=O) groups excluding carboxylic acids is 1. The summed E-state index contributed by atoms with van der Waals surface area (Å²) in [6.07, 6.45) is 2.58. The van der Waals surface area contributed by atoms with Crippen LogP contribution in [-0.2, 0) is 0 Å². The van der Waals surface area contributed by atoms with E-state index in [1.165, 1.54) is 0 Å². The number of carbonyl (C=O) groups is 1. The predicted octanol–water partition coefficient (Wildman–Crippen LogP) is 1.72. The fourth-order valence-electron chi connectivity index (χ4n) is 2.89. The Morgan fingerprint density at radius 3 is 2.95 bits per heavy atom. The molecule has 1 aromatic heterocycles. The Morgan fingerprint density at radius 1 is 1.43 bits per heavy atom. The number of benzene rings is 1. The van der Waals surface area contributed by atoms with E-state index in [9.17, 15) is 9.90 Å². The van der Waals surface area contributed by atoms with Crippen molar-refractivity contribution in [1.29, 1.82) is 0 Å². The zero-order valence-corrected chi connectivity index (χ0v) is 12.3. The van der Waals surface area contributed by atoms with Gasteiger partial charge in [0.05, 0.1) is 5.56 Å². The van der Waals surface area contributed by atoms with Gasteiger partial charge < -0.3 is 14.9 Å². The maximum absolute atomic E-state index is 12.6. The van der Waals surface area contributed by atoms with Gasteiger partial charge in [0.25, 0.3) is 5.91 Å². The van der Waals surface area contributed by atoms with Crippen molar-refractivity contribution >= 4 is 16.8 Å². The molecule has 0 bridgehead atoms. The number of phenolic OH excluding ortho intramolecular Hbond substituents is 1. The molecule has 110 valence electrons. The quantitative estimate of drug-likeness (QED) is 0.912. The van der Waals surface area contributed by atoms with Crippen molar-refractivity contribution in [2.24, 2.45) is 0 Å². The van der Waals surface area contributed by atoms with E-state index in [-0.39, 0.29) is 17.7 Å². The van der Waals surface area contributed by atoms with Crippen LogP contribution in [0.1, 0.15) is 16.8 Å². The number of nitrogens with zero attached hydrogens (tertiary/aromatic N) is 3. The number of amides is 1. The smallest absolute Gasteiger partial charge is 0.257 e. The molecule has 1 aliphatic rings. The van der Waals surface area contributed by atoms with Crippen molar-refractivity contribution in [3.63, 3.8) is 0 Å². The SMILES string of the molecule is CN1CCC(N(C)C(=O)c2ccc3cccnc3c2O)C1. The lowest BCUT2D eigenvalue weighted by atomic mass is 10.1. The Hall–Kier alpha value is -2.14.